The summed E-state index contributed by atoms with van der Waals surface area (Å²) in [5.41, 5.74) is -0.917. The molecule has 2 saturated heterocycles. The molecule has 0 aliphatic carbocycles. The lowest BCUT2D eigenvalue weighted by molar-refractivity contribution is -0.147. The summed E-state index contributed by atoms with van der Waals surface area (Å²) in [5.74, 6) is 2.57. The molecule has 2 atom stereocenters. The van der Waals surface area contributed by atoms with Crippen LogP contribution in [0.2, 0.25) is 5.02 Å². The normalized spacial score (nSPS) is 18.5. The number of carbonyl (C=O) groups excluding carboxylic acids is 2. The number of aryl methyl sites for hydroxylation is 2. The zero-order valence-corrected chi connectivity index (χ0v) is 28.2. The third-order valence-electron chi connectivity index (χ3n) is 8.54. The number of hydrogen-bond acceptors (Lipinski definition) is 10. The van der Waals surface area contributed by atoms with Crippen molar-refractivity contribution in [2.75, 3.05) is 13.1 Å². The Balaban J connectivity index is 1.18. The Morgan fingerprint density at radius 2 is 1.30 bits per heavy atom. The predicted octanol–water partition coefficient (Wildman–Crippen LogP) is 6.43. The van der Waals surface area contributed by atoms with Gasteiger partial charge in [0.1, 0.15) is 23.6 Å². The van der Waals surface area contributed by atoms with Crippen molar-refractivity contribution in [3.05, 3.63) is 70.9 Å². The van der Waals surface area contributed by atoms with Crippen LogP contribution in [0.15, 0.2) is 51.5 Å². The van der Waals surface area contributed by atoms with Crippen molar-refractivity contribution in [3.63, 3.8) is 0 Å². The zero-order valence-electron chi connectivity index (χ0n) is 27.4. The zero-order chi connectivity index (χ0) is 33.5. The summed E-state index contributed by atoms with van der Waals surface area (Å²) in [5, 5.41) is 8.29. The van der Waals surface area contributed by atoms with E-state index in [1.54, 1.807) is 75.6 Å². The van der Waals surface area contributed by atoms with Crippen molar-refractivity contribution in [1.82, 2.24) is 30.1 Å². The summed E-state index contributed by atoms with van der Waals surface area (Å²) in [6.45, 7) is 11.7. The van der Waals surface area contributed by atoms with Gasteiger partial charge < -0.3 is 28.3 Å². The van der Waals surface area contributed by atoms with E-state index in [-0.39, 0.29) is 23.9 Å². The summed E-state index contributed by atoms with van der Waals surface area (Å²) in [6.07, 6.45) is 3.15. The number of benzene rings is 2. The highest BCUT2D eigenvalue weighted by Crippen LogP contribution is 2.38. The molecule has 0 bridgehead atoms. The molecule has 0 saturated carbocycles. The van der Waals surface area contributed by atoms with E-state index in [2.05, 4.69) is 20.3 Å². The van der Waals surface area contributed by atoms with Gasteiger partial charge in [0, 0.05) is 23.7 Å². The van der Waals surface area contributed by atoms with Crippen LogP contribution >= 0.6 is 11.6 Å². The Labute approximate surface area is 278 Å². The quantitative estimate of drug-likeness (QED) is 0.197. The van der Waals surface area contributed by atoms with E-state index >= 15 is 0 Å². The first kappa shape index (κ1) is 32.5. The molecule has 2 amide bonds. The smallest absolute Gasteiger partial charge is 0.266 e. The van der Waals surface area contributed by atoms with E-state index in [9.17, 15) is 9.59 Å². The maximum Gasteiger partial charge on any atom is 0.266 e. The molecule has 248 valence electrons. The van der Waals surface area contributed by atoms with Gasteiger partial charge in [0.2, 0.25) is 11.8 Å². The summed E-state index contributed by atoms with van der Waals surface area (Å²) < 4.78 is 23.4. The fourth-order valence-corrected chi connectivity index (χ4v) is 6.54. The molecule has 6 rings (SSSR count). The van der Waals surface area contributed by atoms with Crippen LogP contribution in [-0.2, 0) is 9.59 Å². The number of nitrogens with zero attached hydrogens (tertiary/aromatic N) is 6. The number of likely N-dealkylation sites (tertiary alicyclic amines) is 2. The number of halogens is 1. The maximum absolute atomic E-state index is 13.7. The van der Waals surface area contributed by atoms with Crippen molar-refractivity contribution >= 4 is 23.4 Å². The number of ether oxygens (including phenoxy) is 2. The molecule has 4 aromatic rings. The molecule has 13 heteroatoms. The Morgan fingerprint density at radius 3 is 1.79 bits per heavy atom. The van der Waals surface area contributed by atoms with Crippen LogP contribution in [0.5, 0.6) is 11.5 Å². The molecule has 12 nitrogen and oxygen atoms in total. The standard InChI is InChI=1S/C34H39ClN6O6/c1-20-36-29(46-38-20)27-12-8-16-40(27)31(42)33(3,4)44-23-11-7-10-22(18-23)25-19-24(14-15-26(25)35)45-34(5,6)32(43)41-17-9-13-28(41)30-37-21(2)39-47-30/h7,10-11,14-15,18-19,27-28H,8-9,12-13,16-17H2,1-6H3/t27-,28-/m0/s1. The van der Waals surface area contributed by atoms with Crippen molar-refractivity contribution in [3.8, 4) is 22.6 Å². The second kappa shape index (κ2) is 12.6. The molecular formula is C34H39ClN6O6. The highest BCUT2D eigenvalue weighted by molar-refractivity contribution is 6.33. The van der Waals surface area contributed by atoms with Gasteiger partial charge in [-0.15, -0.1) is 0 Å². The molecule has 2 aromatic carbocycles. The van der Waals surface area contributed by atoms with E-state index in [0.717, 1.165) is 31.2 Å². The molecule has 2 aliphatic rings. The van der Waals surface area contributed by atoms with Gasteiger partial charge in [0.25, 0.3) is 11.8 Å². The molecule has 0 radical (unpaired) electrons. The number of carbonyl (C=O) groups is 2. The highest BCUT2D eigenvalue weighted by atomic mass is 35.5. The Bertz CT molecular complexity index is 1780. The lowest BCUT2D eigenvalue weighted by Crippen LogP contribution is -2.48. The SMILES string of the molecule is Cc1noc([C@@H]2CCCN2C(=O)C(C)(C)Oc2cccc(-c3cc(OC(C)(C)C(=O)N4CCC[C@H]4c4nc(C)no4)ccc3Cl)c2)n1. The molecule has 0 unspecified atom stereocenters. The Hall–Kier alpha value is -4.45. The Kier molecular flexibility index (Phi) is 8.73. The van der Waals surface area contributed by atoms with Gasteiger partial charge in [-0.1, -0.05) is 34.0 Å². The first-order valence-electron chi connectivity index (χ1n) is 15.8. The van der Waals surface area contributed by atoms with Crippen LogP contribution in [0, 0.1) is 13.8 Å². The van der Waals surface area contributed by atoms with Gasteiger partial charge in [-0.2, -0.15) is 9.97 Å². The number of rotatable bonds is 9. The van der Waals surface area contributed by atoms with Gasteiger partial charge in [-0.25, -0.2) is 0 Å². The van der Waals surface area contributed by atoms with Crippen LogP contribution in [0.3, 0.4) is 0 Å². The van der Waals surface area contributed by atoms with Crippen LogP contribution in [0.1, 0.15) is 88.9 Å². The molecule has 47 heavy (non-hydrogen) atoms. The molecule has 0 N–H and O–H groups in total. The average Bonchev–Trinajstić information content (AvgIpc) is 3.84. The molecule has 2 aromatic heterocycles. The first-order chi connectivity index (χ1) is 22.3. The second-order valence-corrected chi connectivity index (χ2v) is 13.5. The summed E-state index contributed by atoms with van der Waals surface area (Å²) in [4.78, 5) is 39.7. The highest BCUT2D eigenvalue weighted by Gasteiger charge is 2.43. The summed E-state index contributed by atoms with van der Waals surface area (Å²) in [6, 6.07) is 12.1. The number of aromatic nitrogens is 4. The van der Waals surface area contributed by atoms with Crippen LogP contribution < -0.4 is 9.47 Å². The van der Waals surface area contributed by atoms with Crippen molar-refractivity contribution in [2.45, 2.75) is 90.5 Å². The molecule has 2 aliphatic heterocycles. The van der Waals surface area contributed by atoms with Crippen molar-refractivity contribution in [2.24, 2.45) is 0 Å². The van der Waals surface area contributed by atoms with Gasteiger partial charge in [-0.3, -0.25) is 9.59 Å². The van der Waals surface area contributed by atoms with Gasteiger partial charge in [0.05, 0.1) is 0 Å². The fraction of sp³-hybridized carbons (Fsp3) is 0.471. The first-order valence-corrected chi connectivity index (χ1v) is 16.2. The van der Waals surface area contributed by atoms with Crippen LogP contribution in [0.4, 0.5) is 0 Å². The topological polar surface area (TPSA) is 137 Å². The monoisotopic (exact) mass is 662 g/mol. The van der Waals surface area contributed by atoms with Crippen LogP contribution in [0.25, 0.3) is 11.1 Å². The maximum atomic E-state index is 13.7. The van der Waals surface area contributed by atoms with Gasteiger partial charge in [-0.05, 0) is 103 Å². The Morgan fingerprint density at radius 1 is 0.787 bits per heavy atom. The van der Waals surface area contributed by atoms with Crippen LogP contribution in [-0.4, -0.2) is 66.2 Å². The average molecular weight is 663 g/mol. The van der Waals surface area contributed by atoms with E-state index < -0.39 is 11.2 Å². The summed E-state index contributed by atoms with van der Waals surface area (Å²) in [7, 11) is 0. The van der Waals surface area contributed by atoms with E-state index in [0.29, 0.717) is 58.6 Å². The van der Waals surface area contributed by atoms with Crippen molar-refractivity contribution < 1.29 is 28.1 Å². The molecular weight excluding hydrogens is 624 g/mol. The molecule has 4 heterocycles. The molecule has 2 fully saturated rings. The van der Waals surface area contributed by atoms with E-state index in [4.69, 9.17) is 30.1 Å². The lowest BCUT2D eigenvalue weighted by atomic mass is 10.0. The third kappa shape index (κ3) is 6.69. The van der Waals surface area contributed by atoms with E-state index in [1.807, 2.05) is 18.2 Å². The largest absolute Gasteiger partial charge is 0.478 e. The second-order valence-electron chi connectivity index (χ2n) is 13.1. The minimum absolute atomic E-state index is 0.170. The van der Waals surface area contributed by atoms with E-state index in [1.165, 1.54) is 0 Å². The predicted molar refractivity (Wildman–Crippen MR) is 172 cm³/mol. The number of hydrogen-bond donors (Lipinski definition) is 0. The summed E-state index contributed by atoms with van der Waals surface area (Å²) >= 11 is 6.68. The minimum atomic E-state index is -1.19. The minimum Gasteiger partial charge on any atom is -0.478 e. The fourth-order valence-electron chi connectivity index (χ4n) is 6.31. The molecule has 0 spiro atoms. The van der Waals surface area contributed by atoms with Gasteiger partial charge in [0.15, 0.2) is 22.9 Å². The van der Waals surface area contributed by atoms with Gasteiger partial charge >= 0.3 is 0 Å². The lowest BCUT2D eigenvalue weighted by Gasteiger charge is -2.32. The third-order valence-corrected chi connectivity index (χ3v) is 8.87. The van der Waals surface area contributed by atoms with Crippen molar-refractivity contribution in [1.29, 1.82) is 0 Å². The number of amides is 2.